The molecule has 4 rings (SSSR count). The first-order valence-corrected chi connectivity index (χ1v) is 16.7. The number of rotatable bonds is 11. The van der Waals surface area contributed by atoms with Crippen LogP contribution < -0.4 is 10.6 Å². The summed E-state index contributed by atoms with van der Waals surface area (Å²) < 4.78 is 21.7. The quantitative estimate of drug-likeness (QED) is 0.0903. The molecule has 2 N–H and O–H groups in total. The van der Waals surface area contributed by atoms with Crippen LogP contribution in [0.5, 0.6) is 0 Å². The van der Waals surface area contributed by atoms with Crippen LogP contribution in [0.25, 0.3) is 23.3 Å². The van der Waals surface area contributed by atoms with E-state index in [1.54, 1.807) is 65.8 Å². The molecule has 4 aromatic carbocycles. The number of hydrogen-bond donors (Lipinski definition) is 2. The Kier molecular flexibility index (Phi) is 13.1. The molecule has 52 heavy (non-hydrogen) atoms. The van der Waals surface area contributed by atoms with Crippen LogP contribution in [0, 0.1) is 0 Å². The molecule has 0 bridgehead atoms. The second-order valence-electron chi connectivity index (χ2n) is 13.7. The number of alkyl carbamates (subject to hydrolysis) is 2. The van der Waals surface area contributed by atoms with Crippen molar-refractivity contribution in [3.8, 4) is 11.1 Å². The number of amides is 2. The fourth-order valence-corrected chi connectivity index (χ4v) is 4.60. The lowest BCUT2D eigenvalue weighted by molar-refractivity contribution is -0.141. The molecule has 0 atom stereocenters. The Balaban J connectivity index is 1.51. The first kappa shape index (κ1) is 38.6. The summed E-state index contributed by atoms with van der Waals surface area (Å²) in [5.41, 5.74) is 2.94. The molecule has 0 unspecified atom stereocenters. The van der Waals surface area contributed by atoms with Crippen molar-refractivity contribution in [1.82, 2.24) is 10.6 Å². The van der Waals surface area contributed by atoms with E-state index in [1.165, 1.54) is 12.2 Å². The molecule has 10 heteroatoms. The average molecular weight is 705 g/mol. The normalized spacial score (nSPS) is 12.0. The maximum Gasteiger partial charge on any atom is 0.412 e. The molecule has 270 valence electrons. The topological polar surface area (TPSA) is 129 Å². The second-order valence-corrected chi connectivity index (χ2v) is 13.7. The molecule has 10 nitrogen and oxygen atoms in total. The minimum Gasteiger partial charge on any atom is -0.456 e. The van der Waals surface area contributed by atoms with Gasteiger partial charge in [-0.3, -0.25) is 10.6 Å². The second kappa shape index (κ2) is 17.7. The molecule has 0 spiro atoms. The van der Waals surface area contributed by atoms with E-state index in [9.17, 15) is 19.2 Å². The van der Waals surface area contributed by atoms with Gasteiger partial charge in [-0.1, -0.05) is 109 Å². The molecule has 0 fully saturated rings. The molecule has 0 aliphatic carbocycles. The Hall–Kier alpha value is -6.16. The summed E-state index contributed by atoms with van der Waals surface area (Å²) in [7, 11) is 0. The van der Waals surface area contributed by atoms with Gasteiger partial charge in [0.2, 0.25) is 0 Å². The van der Waals surface area contributed by atoms with Crippen LogP contribution in [0.4, 0.5) is 9.59 Å². The zero-order valence-electron chi connectivity index (χ0n) is 30.2. The maximum absolute atomic E-state index is 13.1. The van der Waals surface area contributed by atoms with E-state index < -0.39 is 35.3 Å². The number of carbonyl (C=O) groups excluding carboxylic acids is 4. The van der Waals surface area contributed by atoms with E-state index in [2.05, 4.69) is 10.6 Å². The van der Waals surface area contributed by atoms with Gasteiger partial charge in [-0.05, 0) is 87.1 Å². The summed E-state index contributed by atoms with van der Waals surface area (Å²) in [4.78, 5) is 51.3. The Morgan fingerprint density at radius 1 is 0.500 bits per heavy atom. The third-order valence-corrected chi connectivity index (χ3v) is 6.91. The van der Waals surface area contributed by atoms with Crippen LogP contribution in [-0.4, -0.2) is 35.3 Å². The monoisotopic (exact) mass is 704 g/mol. The summed E-state index contributed by atoms with van der Waals surface area (Å²) >= 11 is 0. The lowest BCUT2D eigenvalue weighted by Crippen LogP contribution is -2.34. The number of nitrogens with one attached hydrogen (secondary N) is 2. The van der Waals surface area contributed by atoms with Crippen molar-refractivity contribution < 1.29 is 38.1 Å². The number of ether oxygens (including phenoxy) is 4. The number of carbonyl (C=O) groups is 4. The Bertz CT molecular complexity index is 1750. The molecule has 0 aliphatic heterocycles. The van der Waals surface area contributed by atoms with Crippen molar-refractivity contribution in [3.05, 3.63) is 143 Å². The SMILES string of the molecule is CC(C)(C)OC(=O)N/C(=C\c1ccc(-c2ccc(/C=C(\NC(=O)OC(C)(C)C)C(=O)OCc3ccccc3)cc2)cc1)C(=O)OCc1ccccc1. The molecule has 2 amide bonds. The maximum atomic E-state index is 13.1. The van der Waals surface area contributed by atoms with E-state index in [4.69, 9.17) is 18.9 Å². The molecule has 4 aromatic rings. The van der Waals surface area contributed by atoms with Crippen LogP contribution >= 0.6 is 0 Å². The zero-order valence-corrected chi connectivity index (χ0v) is 30.2. The fraction of sp³-hybridized carbons (Fsp3) is 0.238. The third kappa shape index (κ3) is 13.3. The molecule has 0 aliphatic rings. The summed E-state index contributed by atoms with van der Waals surface area (Å²) in [6.07, 6.45) is 1.47. The largest absolute Gasteiger partial charge is 0.456 e. The van der Waals surface area contributed by atoms with Crippen molar-refractivity contribution in [2.75, 3.05) is 0 Å². The van der Waals surface area contributed by atoms with Gasteiger partial charge < -0.3 is 18.9 Å². The van der Waals surface area contributed by atoms with Crippen LogP contribution in [0.15, 0.2) is 121 Å². The van der Waals surface area contributed by atoms with Gasteiger partial charge in [0.25, 0.3) is 0 Å². The van der Waals surface area contributed by atoms with Gasteiger partial charge >= 0.3 is 24.1 Å². The van der Waals surface area contributed by atoms with Gasteiger partial charge in [-0.2, -0.15) is 0 Å². The van der Waals surface area contributed by atoms with E-state index in [0.717, 1.165) is 22.3 Å². The van der Waals surface area contributed by atoms with E-state index in [-0.39, 0.29) is 24.6 Å². The highest BCUT2D eigenvalue weighted by molar-refractivity contribution is 5.97. The lowest BCUT2D eigenvalue weighted by atomic mass is 10.0. The summed E-state index contributed by atoms with van der Waals surface area (Å²) in [6, 6.07) is 33.1. The fourth-order valence-electron chi connectivity index (χ4n) is 4.60. The Morgan fingerprint density at radius 2 is 0.827 bits per heavy atom. The van der Waals surface area contributed by atoms with Gasteiger partial charge in [-0.15, -0.1) is 0 Å². The van der Waals surface area contributed by atoms with Crippen LogP contribution in [-0.2, 0) is 41.8 Å². The zero-order chi connectivity index (χ0) is 37.7. The van der Waals surface area contributed by atoms with Gasteiger partial charge in [0.05, 0.1) is 0 Å². The van der Waals surface area contributed by atoms with Crippen LogP contribution in [0.1, 0.15) is 63.8 Å². The number of esters is 2. The van der Waals surface area contributed by atoms with Crippen molar-refractivity contribution in [2.24, 2.45) is 0 Å². The van der Waals surface area contributed by atoms with E-state index in [0.29, 0.717) is 11.1 Å². The highest BCUT2D eigenvalue weighted by atomic mass is 16.6. The summed E-state index contributed by atoms with van der Waals surface area (Å²) in [5.74, 6) is -1.43. The van der Waals surface area contributed by atoms with Gasteiger partial charge in [-0.25, -0.2) is 19.2 Å². The minimum atomic E-state index is -0.782. The minimum absolute atomic E-state index is 0.0323. The molecule has 0 aromatic heterocycles. The predicted octanol–water partition coefficient (Wildman–Crippen LogP) is 8.57. The highest BCUT2D eigenvalue weighted by Crippen LogP contribution is 2.23. The van der Waals surface area contributed by atoms with Crippen molar-refractivity contribution in [2.45, 2.75) is 66.0 Å². The third-order valence-electron chi connectivity index (χ3n) is 6.91. The summed E-state index contributed by atoms with van der Waals surface area (Å²) in [5, 5.41) is 5.05. The Labute approximate surface area is 304 Å². The summed E-state index contributed by atoms with van der Waals surface area (Å²) in [6.45, 7) is 10.4. The molecule has 0 heterocycles. The van der Waals surface area contributed by atoms with E-state index >= 15 is 0 Å². The van der Waals surface area contributed by atoms with Crippen LogP contribution in [0.2, 0.25) is 0 Å². The molecular formula is C42H44N2O8. The first-order chi connectivity index (χ1) is 24.6. The highest BCUT2D eigenvalue weighted by Gasteiger charge is 2.22. The lowest BCUT2D eigenvalue weighted by Gasteiger charge is -2.20. The molecule has 0 saturated heterocycles. The van der Waals surface area contributed by atoms with Gasteiger partial charge in [0.15, 0.2) is 0 Å². The molecular weight excluding hydrogens is 660 g/mol. The Morgan fingerprint density at radius 3 is 1.13 bits per heavy atom. The smallest absolute Gasteiger partial charge is 0.412 e. The molecule has 0 saturated carbocycles. The van der Waals surface area contributed by atoms with Gasteiger partial charge in [0, 0.05) is 0 Å². The van der Waals surface area contributed by atoms with Crippen molar-refractivity contribution >= 4 is 36.3 Å². The van der Waals surface area contributed by atoms with E-state index in [1.807, 2.05) is 84.9 Å². The average Bonchev–Trinajstić information content (AvgIpc) is 3.09. The standard InChI is InChI=1S/C42H44N2O8/c1-41(2,3)51-39(47)43-35(37(45)49-27-31-13-9-7-10-14-31)25-29-17-21-33(22-18-29)34-23-19-30(20-24-34)26-36(44-40(48)52-42(4,5)6)38(46)50-28-32-15-11-8-12-16-32/h7-26H,27-28H2,1-6H3,(H,43,47)(H,44,48)/b35-25-,36-26-. The molecule has 0 radical (unpaired) electrons. The van der Waals surface area contributed by atoms with Crippen molar-refractivity contribution in [1.29, 1.82) is 0 Å². The predicted molar refractivity (Wildman–Crippen MR) is 199 cm³/mol. The number of benzene rings is 4. The van der Waals surface area contributed by atoms with Crippen molar-refractivity contribution in [3.63, 3.8) is 0 Å². The van der Waals surface area contributed by atoms with Gasteiger partial charge in [0.1, 0.15) is 35.8 Å². The van der Waals surface area contributed by atoms with Crippen LogP contribution in [0.3, 0.4) is 0 Å². The number of hydrogen-bond acceptors (Lipinski definition) is 8. The first-order valence-electron chi connectivity index (χ1n) is 16.7.